The second kappa shape index (κ2) is 6.27. The van der Waals surface area contributed by atoms with Gasteiger partial charge in [0.15, 0.2) is 0 Å². The molecule has 21 heavy (non-hydrogen) atoms. The van der Waals surface area contributed by atoms with E-state index in [0.717, 1.165) is 17.7 Å². The molecule has 0 aliphatic heterocycles. The molecule has 0 spiro atoms. The summed E-state index contributed by atoms with van der Waals surface area (Å²) >= 11 is 0. The van der Waals surface area contributed by atoms with Gasteiger partial charge in [-0.25, -0.2) is 4.98 Å². The molecule has 0 amide bonds. The van der Waals surface area contributed by atoms with E-state index in [-0.39, 0.29) is 11.5 Å². The average molecular weight is 284 g/mol. The van der Waals surface area contributed by atoms with Crippen molar-refractivity contribution >= 4 is 0 Å². The maximum atomic E-state index is 5.88. The fourth-order valence-corrected chi connectivity index (χ4v) is 2.06. The minimum atomic E-state index is -0.0249. The van der Waals surface area contributed by atoms with Gasteiger partial charge in [0.05, 0.1) is 0 Å². The second-order valence-corrected chi connectivity index (χ2v) is 6.08. The molecule has 112 valence electrons. The molecule has 0 bridgehead atoms. The van der Waals surface area contributed by atoms with Crippen molar-refractivity contribution in [1.82, 2.24) is 4.98 Å². The Hall–Kier alpha value is -1.87. The largest absolute Gasteiger partial charge is 0.439 e. The highest BCUT2D eigenvalue weighted by Gasteiger charge is 2.17. The highest BCUT2D eigenvalue weighted by molar-refractivity contribution is 5.34. The summed E-state index contributed by atoms with van der Waals surface area (Å²) in [4.78, 5) is 4.23. The normalized spacial score (nSPS) is 13.0. The van der Waals surface area contributed by atoms with Gasteiger partial charge in [-0.2, -0.15) is 0 Å². The van der Waals surface area contributed by atoms with Gasteiger partial charge >= 0.3 is 0 Å². The predicted molar refractivity (Wildman–Crippen MR) is 86.7 cm³/mol. The molecule has 3 nitrogen and oxygen atoms in total. The van der Waals surface area contributed by atoms with Gasteiger partial charge in [-0.15, -0.1) is 0 Å². The summed E-state index contributed by atoms with van der Waals surface area (Å²) in [6, 6.07) is 12.0. The number of ether oxygens (including phenoxy) is 1. The van der Waals surface area contributed by atoms with E-state index >= 15 is 0 Å². The molecule has 1 aromatic carbocycles. The van der Waals surface area contributed by atoms with Crippen molar-refractivity contribution in [2.75, 3.05) is 0 Å². The Morgan fingerprint density at radius 1 is 1.19 bits per heavy atom. The summed E-state index contributed by atoms with van der Waals surface area (Å²) in [5.74, 6) is 1.37. The first-order valence-corrected chi connectivity index (χ1v) is 7.42. The molecular formula is C18H24N2O. The molecule has 0 radical (unpaired) electrons. The van der Waals surface area contributed by atoms with Crippen LogP contribution in [0.1, 0.15) is 51.3 Å². The molecule has 1 heterocycles. The lowest BCUT2D eigenvalue weighted by Crippen LogP contribution is -2.14. The summed E-state index contributed by atoms with van der Waals surface area (Å²) in [5.41, 5.74) is 8.39. The third-order valence-electron chi connectivity index (χ3n) is 4.03. The van der Waals surface area contributed by atoms with Crippen LogP contribution in [0, 0.1) is 0 Å². The minimum Gasteiger partial charge on any atom is -0.439 e. The zero-order chi connectivity index (χ0) is 15.5. The van der Waals surface area contributed by atoms with Gasteiger partial charge < -0.3 is 10.5 Å². The van der Waals surface area contributed by atoms with Crippen molar-refractivity contribution in [2.24, 2.45) is 5.73 Å². The van der Waals surface area contributed by atoms with Crippen LogP contribution in [0.15, 0.2) is 42.6 Å². The molecule has 0 fully saturated rings. The Balaban J connectivity index is 2.15. The van der Waals surface area contributed by atoms with Crippen LogP contribution < -0.4 is 10.5 Å². The van der Waals surface area contributed by atoms with E-state index in [1.165, 1.54) is 5.56 Å². The van der Waals surface area contributed by atoms with Gasteiger partial charge in [0, 0.05) is 18.3 Å². The van der Waals surface area contributed by atoms with Crippen molar-refractivity contribution in [3.05, 3.63) is 53.7 Å². The SMILES string of the molecule is CCC(C)(C)c1ccc(Oc2cc([C@@H](C)N)ccn2)cc1. The van der Waals surface area contributed by atoms with Crippen LogP contribution in [0.3, 0.4) is 0 Å². The van der Waals surface area contributed by atoms with Gasteiger partial charge in [-0.1, -0.05) is 32.9 Å². The molecule has 0 unspecified atom stereocenters. The van der Waals surface area contributed by atoms with Crippen LogP contribution in [0.25, 0.3) is 0 Å². The van der Waals surface area contributed by atoms with E-state index in [0.29, 0.717) is 5.88 Å². The number of hydrogen-bond acceptors (Lipinski definition) is 3. The predicted octanol–water partition coefficient (Wildman–Crippen LogP) is 4.58. The summed E-state index contributed by atoms with van der Waals surface area (Å²) < 4.78 is 5.80. The second-order valence-electron chi connectivity index (χ2n) is 6.08. The number of hydrogen-bond donors (Lipinski definition) is 1. The van der Waals surface area contributed by atoms with E-state index in [9.17, 15) is 0 Å². The molecule has 1 atom stereocenters. The fraction of sp³-hybridized carbons (Fsp3) is 0.389. The van der Waals surface area contributed by atoms with E-state index in [4.69, 9.17) is 10.5 Å². The van der Waals surface area contributed by atoms with E-state index in [2.05, 4.69) is 37.9 Å². The number of nitrogens with two attached hydrogens (primary N) is 1. The standard InChI is InChI=1S/C18H24N2O/c1-5-18(3,4)15-6-8-16(9-7-15)21-17-12-14(13(2)19)10-11-20-17/h6-13H,5,19H2,1-4H3/t13-/m1/s1. The van der Waals surface area contributed by atoms with E-state index in [1.807, 2.05) is 31.2 Å². The average Bonchev–Trinajstić information content (AvgIpc) is 2.48. The quantitative estimate of drug-likeness (QED) is 0.874. The first kappa shape index (κ1) is 15.5. The Labute approximate surface area is 127 Å². The van der Waals surface area contributed by atoms with Crippen molar-refractivity contribution in [3.63, 3.8) is 0 Å². The highest BCUT2D eigenvalue weighted by Crippen LogP contribution is 2.29. The molecule has 3 heteroatoms. The molecular weight excluding hydrogens is 260 g/mol. The smallest absolute Gasteiger partial charge is 0.219 e. The number of pyridine rings is 1. The maximum absolute atomic E-state index is 5.88. The number of nitrogens with zero attached hydrogens (tertiary/aromatic N) is 1. The summed E-state index contributed by atoms with van der Waals surface area (Å²) in [5, 5.41) is 0. The van der Waals surface area contributed by atoms with Gasteiger partial charge in [0.1, 0.15) is 5.75 Å². The third kappa shape index (κ3) is 3.82. The number of rotatable bonds is 5. The zero-order valence-electron chi connectivity index (χ0n) is 13.3. The van der Waals surface area contributed by atoms with Gasteiger partial charge in [-0.05, 0) is 48.1 Å². The van der Waals surface area contributed by atoms with Crippen LogP contribution in [0.2, 0.25) is 0 Å². The molecule has 0 aliphatic rings. The van der Waals surface area contributed by atoms with Crippen LogP contribution in [-0.4, -0.2) is 4.98 Å². The Bertz CT molecular complexity index is 588. The third-order valence-corrected chi connectivity index (χ3v) is 4.03. The van der Waals surface area contributed by atoms with Gasteiger partial charge in [-0.3, -0.25) is 0 Å². The Kier molecular flexibility index (Phi) is 4.63. The summed E-state index contributed by atoms with van der Waals surface area (Å²) in [7, 11) is 0. The van der Waals surface area contributed by atoms with Crippen LogP contribution >= 0.6 is 0 Å². The molecule has 2 aromatic rings. The summed E-state index contributed by atoms with van der Waals surface area (Å²) in [6.07, 6.45) is 2.83. The molecule has 0 saturated heterocycles. The van der Waals surface area contributed by atoms with Gasteiger partial charge in [0.25, 0.3) is 0 Å². The maximum Gasteiger partial charge on any atom is 0.219 e. The van der Waals surface area contributed by atoms with E-state index < -0.39 is 0 Å². The van der Waals surface area contributed by atoms with Crippen LogP contribution in [0.5, 0.6) is 11.6 Å². The van der Waals surface area contributed by atoms with Crippen molar-refractivity contribution in [1.29, 1.82) is 0 Å². The Morgan fingerprint density at radius 3 is 2.43 bits per heavy atom. The van der Waals surface area contributed by atoms with Gasteiger partial charge in [0.2, 0.25) is 5.88 Å². The van der Waals surface area contributed by atoms with Crippen molar-refractivity contribution < 1.29 is 4.74 Å². The van der Waals surface area contributed by atoms with Crippen molar-refractivity contribution in [3.8, 4) is 11.6 Å². The van der Waals surface area contributed by atoms with Crippen molar-refractivity contribution in [2.45, 2.75) is 45.6 Å². The molecule has 0 saturated carbocycles. The lowest BCUT2D eigenvalue weighted by molar-refractivity contribution is 0.459. The minimum absolute atomic E-state index is 0.0249. The van der Waals surface area contributed by atoms with Crippen LogP contribution in [0.4, 0.5) is 0 Å². The molecule has 0 aliphatic carbocycles. The lowest BCUT2D eigenvalue weighted by Gasteiger charge is -2.23. The fourth-order valence-electron chi connectivity index (χ4n) is 2.06. The zero-order valence-corrected chi connectivity index (χ0v) is 13.3. The highest BCUT2D eigenvalue weighted by atomic mass is 16.5. The first-order valence-electron chi connectivity index (χ1n) is 7.42. The summed E-state index contributed by atoms with van der Waals surface area (Å²) in [6.45, 7) is 8.64. The number of aromatic nitrogens is 1. The lowest BCUT2D eigenvalue weighted by atomic mass is 9.82. The molecule has 1 aromatic heterocycles. The topological polar surface area (TPSA) is 48.1 Å². The number of benzene rings is 1. The Morgan fingerprint density at radius 2 is 1.86 bits per heavy atom. The monoisotopic (exact) mass is 284 g/mol. The molecule has 2 N–H and O–H groups in total. The van der Waals surface area contributed by atoms with E-state index in [1.54, 1.807) is 6.20 Å². The first-order chi connectivity index (χ1) is 9.92. The molecule has 2 rings (SSSR count). The van der Waals surface area contributed by atoms with Crippen LogP contribution in [-0.2, 0) is 5.41 Å².